The largest absolute Gasteiger partial charge is 0.387 e. The van der Waals surface area contributed by atoms with Crippen LogP contribution < -0.4 is 4.90 Å². The zero-order valence-electron chi connectivity index (χ0n) is 17.3. The van der Waals surface area contributed by atoms with Gasteiger partial charge in [0.15, 0.2) is 0 Å². The number of β-amino-alcohol motifs (C(OH)–C–C–N with tert-alkyl or cyclic N) is 1. The second-order valence-electron chi connectivity index (χ2n) is 8.04. The first-order chi connectivity index (χ1) is 14.9. The highest BCUT2D eigenvalue weighted by Crippen LogP contribution is 2.36. The first-order valence-corrected chi connectivity index (χ1v) is 11.5. The molecule has 0 bridgehead atoms. The van der Waals surface area contributed by atoms with Crippen LogP contribution in [0.3, 0.4) is 0 Å². The van der Waals surface area contributed by atoms with Crippen molar-refractivity contribution in [3.8, 4) is 0 Å². The third-order valence-electron chi connectivity index (χ3n) is 5.82. The average molecular weight is 476 g/mol. The van der Waals surface area contributed by atoms with Gasteiger partial charge in [-0.25, -0.2) is 0 Å². The van der Waals surface area contributed by atoms with Crippen LogP contribution in [0.1, 0.15) is 28.8 Å². The fraction of sp³-hybridized carbons (Fsp3) is 0.280. The molecule has 1 N–H and O–H groups in total. The van der Waals surface area contributed by atoms with Crippen molar-refractivity contribution in [1.29, 1.82) is 0 Å². The summed E-state index contributed by atoms with van der Waals surface area (Å²) < 4.78 is 0. The number of hydrogen-bond acceptors (Lipinski definition) is 3. The Kier molecular flexibility index (Phi) is 7.10. The van der Waals surface area contributed by atoms with E-state index in [0.717, 1.165) is 46.5 Å². The van der Waals surface area contributed by atoms with E-state index in [1.165, 1.54) is 5.56 Å². The highest BCUT2D eigenvalue weighted by Gasteiger charge is 2.30. The van der Waals surface area contributed by atoms with Crippen molar-refractivity contribution in [3.63, 3.8) is 0 Å². The molecule has 162 valence electrons. The molecular formula is C25H25Cl3N2O. The smallest absolute Gasteiger partial charge is 0.0916 e. The fourth-order valence-electron chi connectivity index (χ4n) is 4.14. The molecule has 2 atom stereocenters. The number of aliphatic hydroxyl groups is 1. The second-order valence-corrected chi connectivity index (χ2v) is 9.32. The van der Waals surface area contributed by atoms with Crippen LogP contribution in [-0.4, -0.2) is 36.2 Å². The van der Waals surface area contributed by atoms with Gasteiger partial charge in [-0.1, -0.05) is 65.1 Å². The number of aliphatic hydroxyl groups excluding tert-OH is 1. The Labute approximate surface area is 198 Å². The van der Waals surface area contributed by atoms with Crippen molar-refractivity contribution < 1.29 is 5.11 Å². The predicted molar refractivity (Wildman–Crippen MR) is 131 cm³/mol. The van der Waals surface area contributed by atoms with Gasteiger partial charge in [0.2, 0.25) is 0 Å². The molecule has 3 nitrogen and oxygen atoms in total. The number of nitrogens with zero attached hydrogens (tertiary/aromatic N) is 2. The lowest BCUT2D eigenvalue weighted by Crippen LogP contribution is -2.49. The Bertz CT molecular complexity index is 1020. The molecule has 0 spiro atoms. The van der Waals surface area contributed by atoms with Crippen LogP contribution in [0, 0.1) is 6.92 Å². The molecule has 1 aliphatic heterocycles. The van der Waals surface area contributed by atoms with E-state index in [1.54, 1.807) is 0 Å². The van der Waals surface area contributed by atoms with Gasteiger partial charge in [0.1, 0.15) is 0 Å². The molecular weight excluding hydrogens is 451 g/mol. The summed E-state index contributed by atoms with van der Waals surface area (Å²) in [6.07, 6.45) is -0.572. The first-order valence-electron chi connectivity index (χ1n) is 10.3. The molecule has 1 saturated heterocycles. The molecule has 31 heavy (non-hydrogen) atoms. The number of anilines is 1. The molecule has 3 aromatic carbocycles. The summed E-state index contributed by atoms with van der Waals surface area (Å²) in [6.45, 7) is 5.02. The van der Waals surface area contributed by atoms with Crippen molar-refractivity contribution in [3.05, 3.63) is 98.5 Å². The third-order valence-corrected chi connectivity index (χ3v) is 6.62. The van der Waals surface area contributed by atoms with E-state index in [-0.39, 0.29) is 6.04 Å². The Morgan fingerprint density at radius 1 is 0.903 bits per heavy atom. The summed E-state index contributed by atoms with van der Waals surface area (Å²) in [6, 6.07) is 21.7. The van der Waals surface area contributed by atoms with Crippen LogP contribution >= 0.6 is 34.8 Å². The Morgan fingerprint density at radius 2 is 1.55 bits per heavy atom. The van der Waals surface area contributed by atoms with Gasteiger partial charge in [-0.15, -0.1) is 0 Å². The van der Waals surface area contributed by atoms with Crippen LogP contribution in [0.5, 0.6) is 0 Å². The minimum Gasteiger partial charge on any atom is -0.387 e. The molecule has 0 aromatic heterocycles. The van der Waals surface area contributed by atoms with Gasteiger partial charge in [0.05, 0.1) is 22.9 Å². The molecule has 0 aliphatic carbocycles. The number of benzene rings is 3. The lowest BCUT2D eigenvalue weighted by Gasteiger charge is -2.44. The molecule has 6 heteroatoms. The van der Waals surface area contributed by atoms with Gasteiger partial charge in [0.25, 0.3) is 0 Å². The molecule has 1 heterocycles. The number of halogens is 3. The van der Waals surface area contributed by atoms with Gasteiger partial charge in [-0.05, 0) is 60.0 Å². The summed E-state index contributed by atoms with van der Waals surface area (Å²) >= 11 is 18.7. The molecule has 3 aromatic rings. The maximum absolute atomic E-state index is 10.8. The summed E-state index contributed by atoms with van der Waals surface area (Å²) in [7, 11) is 0. The van der Waals surface area contributed by atoms with E-state index in [0.29, 0.717) is 11.6 Å². The number of aryl methyl sites for hydroxylation is 1. The molecule has 4 rings (SSSR count). The van der Waals surface area contributed by atoms with E-state index in [4.69, 9.17) is 34.8 Å². The summed E-state index contributed by atoms with van der Waals surface area (Å²) in [5.74, 6) is 0. The Hall–Kier alpha value is -1.75. The van der Waals surface area contributed by atoms with Crippen molar-refractivity contribution in [2.24, 2.45) is 0 Å². The first kappa shape index (κ1) is 22.4. The van der Waals surface area contributed by atoms with Crippen molar-refractivity contribution in [2.45, 2.75) is 19.1 Å². The van der Waals surface area contributed by atoms with Crippen molar-refractivity contribution >= 4 is 40.5 Å². The normalized spacial score (nSPS) is 18.2. The number of hydrogen-bond donors (Lipinski definition) is 1. The van der Waals surface area contributed by atoms with Gasteiger partial charge in [-0.2, -0.15) is 0 Å². The average Bonchev–Trinajstić information content (AvgIpc) is 2.75. The van der Waals surface area contributed by atoms with E-state index < -0.39 is 6.10 Å². The molecule has 1 fully saturated rings. The minimum absolute atomic E-state index is 0.101. The molecule has 0 radical (unpaired) electrons. The molecule has 2 unspecified atom stereocenters. The van der Waals surface area contributed by atoms with E-state index in [2.05, 4.69) is 34.1 Å². The second kappa shape index (κ2) is 9.81. The van der Waals surface area contributed by atoms with Gasteiger partial charge < -0.3 is 10.0 Å². The zero-order chi connectivity index (χ0) is 22.0. The SMILES string of the molecule is Cc1ccc(N2CCN(CC(O)c3ccc(Cl)cc3)CC2c2ccc(Cl)cc2)c(Cl)c1. The monoisotopic (exact) mass is 474 g/mol. The summed E-state index contributed by atoms with van der Waals surface area (Å²) in [5, 5.41) is 12.9. The third kappa shape index (κ3) is 5.36. The number of piperazine rings is 1. The Balaban J connectivity index is 1.58. The lowest BCUT2D eigenvalue weighted by atomic mass is 10.00. The topological polar surface area (TPSA) is 26.7 Å². The standard InChI is InChI=1S/C25H25Cl3N2O/c1-17-2-11-23(22(28)14-17)30-13-12-29(15-24(30)18-3-7-20(26)8-4-18)16-25(31)19-5-9-21(27)10-6-19/h2-11,14,24-25,31H,12-13,15-16H2,1H3. The maximum Gasteiger partial charge on any atom is 0.0916 e. The van der Waals surface area contributed by atoms with Crippen LogP contribution in [0.15, 0.2) is 66.7 Å². The van der Waals surface area contributed by atoms with Crippen molar-refractivity contribution in [2.75, 3.05) is 31.1 Å². The van der Waals surface area contributed by atoms with E-state index in [1.807, 2.05) is 49.4 Å². The van der Waals surface area contributed by atoms with E-state index in [9.17, 15) is 5.11 Å². The van der Waals surface area contributed by atoms with Crippen molar-refractivity contribution in [1.82, 2.24) is 4.90 Å². The molecule has 0 saturated carbocycles. The van der Waals surface area contributed by atoms with Gasteiger partial charge in [-0.3, -0.25) is 4.90 Å². The summed E-state index contributed by atoms with van der Waals surface area (Å²) in [4.78, 5) is 4.66. The quantitative estimate of drug-likeness (QED) is 0.453. The molecule has 0 amide bonds. The number of rotatable bonds is 5. The van der Waals surface area contributed by atoms with Gasteiger partial charge in [0, 0.05) is 36.2 Å². The summed E-state index contributed by atoms with van der Waals surface area (Å²) in [5.41, 5.74) is 4.22. The minimum atomic E-state index is -0.572. The van der Waals surface area contributed by atoms with E-state index >= 15 is 0 Å². The van der Waals surface area contributed by atoms with Crippen LogP contribution in [-0.2, 0) is 0 Å². The molecule has 1 aliphatic rings. The van der Waals surface area contributed by atoms with Crippen LogP contribution in [0.2, 0.25) is 15.1 Å². The fourth-order valence-corrected chi connectivity index (χ4v) is 4.74. The highest BCUT2D eigenvalue weighted by atomic mass is 35.5. The lowest BCUT2D eigenvalue weighted by molar-refractivity contribution is 0.100. The Morgan fingerprint density at radius 3 is 2.19 bits per heavy atom. The predicted octanol–water partition coefficient (Wildman–Crippen LogP) is 6.55. The van der Waals surface area contributed by atoms with Crippen LogP contribution in [0.25, 0.3) is 0 Å². The van der Waals surface area contributed by atoms with Crippen LogP contribution in [0.4, 0.5) is 5.69 Å². The maximum atomic E-state index is 10.8. The van der Waals surface area contributed by atoms with Gasteiger partial charge >= 0.3 is 0 Å². The zero-order valence-corrected chi connectivity index (χ0v) is 19.6. The highest BCUT2D eigenvalue weighted by molar-refractivity contribution is 6.33.